The van der Waals surface area contributed by atoms with E-state index in [9.17, 15) is 4.79 Å². The Balaban J connectivity index is 0.00000169. The van der Waals surface area contributed by atoms with Gasteiger partial charge in [0.25, 0.3) is 0 Å². The summed E-state index contributed by atoms with van der Waals surface area (Å²) in [5.41, 5.74) is 0.988. The summed E-state index contributed by atoms with van der Waals surface area (Å²) < 4.78 is 4.71. The van der Waals surface area contributed by atoms with Crippen LogP contribution < -0.4 is 0 Å². The van der Waals surface area contributed by atoms with Crippen molar-refractivity contribution in [2.75, 3.05) is 7.11 Å². The fourth-order valence-electron chi connectivity index (χ4n) is 1.11. The zero-order chi connectivity index (χ0) is 9.68. The molecule has 0 bridgehead atoms. The van der Waals surface area contributed by atoms with Crippen molar-refractivity contribution in [3.8, 4) is 0 Å². The van der Waals surface area contributed by atoms with E-state index in [1.807, 2.05) is 18.2 Å². The fourth-order valence-corrected chi connectivity index (χ4v) is 1.11. The van der Waals surface area contributed by atoms with Gasteiger partial charge in [-0.3, -0.25) is 0 Å². The summed E-state index contributed by atoms with van der Waals surface area (Å²) in [7, 11) is 1.36. The summed E-state index contributed by atoms with van der Waals surface area (Å²) in [5.74, 6) is -1.04. The second-order valence-electron chi connectivity index (χ2n) is 2.71. The van der Waals surface area contributed by atoms with Crippen molar-refractivity contribution >= 4 is 18.4 Å². The number of aliphatic carboxylic acids is 1. The van der Waals surface area contributed by atoms with Crippen LogP contribution in [-0.2, 0) is 9.53 Å². The van der Waals surface area contributed by atoms with Crippen molar-refractivity contribution in [3.05, 3.63) is 35.6 Å². The first-order valence-electron chi connectivity index (χ1n) is 4.07. The molecular formula is C10H13ClO3. The van der Waals surface area contributed by atoms with Crippen LogP contribution in [0, 0.1) is 0 Å². The topological polar surface area (TPSA) is 46.5 Å². The highest BCUT2D eigenvalue weighted by molar-refractivity contribution is 5.85. The molecule has 0 unspecified atom stereocenters. The van der Waals surface area contributed by atoms with E-state index in [1.165, 1.54) is 7.11 Å². The number of ether oxygens (including phenoxy) is 1. The first-order valence-corrected chi connectivity index (χ1v) is 4.07. The average molecular weight is 217 g/mol. The Kier molecular flexibility index (Phi) is 5.72. The second kappa shape index (κ2) is 6.27. The third-order valence-corrected chi connectivity index (χ3v) is 1.78. The first-order chi connectivity index (χ1) is 6.24. The maximum absolute atomic E-state index is 10.6. The summed E-state index contributed by atoms with van der Waals surface area (Å²) in [6.45, 7) is 0. The molecule has 0 amide bonds. The van der Waals surface area contributed by atoms with Gasteiger partial charge in [0, 0.05) is 0 Å². The van der Waals surface area contributed by atoms with E-state index in [-0.39, 0.29) is 18.2 Å². The van der Waals surface area contributed by atoms with Crippen molar-refractivity contribution in [3.63, 3.8) is 0 Å². The normalized spacial score (nSPS) is 15.5. The molecule has 0 saturated carbocycles. The Morgan fingerprint density at radius 3 is 2.71 bits per heavy atom. The molecule has 0 aliphatic heterocycles. The quantitative estimate of drug-likeness (QED) is 0.447. The molecule has 0 aromatic carbocycles. The lowest BCUT2D eigenvalue weighted by atomic mass is 10.1. The van der Waals surface area contributed by atoms with E-state index in [2.05, 4.69) is 0 Å². The van der Waals surface area contributed by atoms with Gasteiger partial charge >= 0.3 is 5.97 Å². The third-order valence-electron chi connectivity index (χ3n) is 1.78. The number of carbonyl (C=O) groups is 1. The molecule has 0 heterocycles. The molecule has 1 aliphatic rings. The molecule has 0 radical (unpaired) electrons. The van der Waals surface area contributed by atoms with Crippen LogP contribution in [0.3, 0.4) is 0 Å². The Morgan fingerprint density at radius 2 is 2.29 bits per heavy atom. The summed E-state index contributed by atoms with van der Waals surface area (Å²) in [4.78, 5) is 10.6. The average Bonchev–Trinajstić information content (AvgIpc) is 2.15. The number of hydrogen-bond donors (Lipinski definition) is 1. The lowest BCUT2D eigenvalue weighted by Gasteiger charge is -2.05. The number of hydrogen-bond acceptors (Lipinski definition) is 2. The van der Waals surface area contributed by atoms with Crippen molar-refractivity contribution in [1.82, 2.24) is 0 Å². The number of rotatable bonds is 3. The van der Waals surface area contributed by atoms with E-state index in [0.717, 1.165) is 18.4 Å². The van der Waals surface area contributed by atoms with Crippen LogP contribution >= 0.6 is 12.4 Å². The maximum Gasteiger partial charge on any atom is 0.371 e. The van der Waals surface area contributed by atoms with Crippen molar-refractivity contribution in [2.45, 2.75) is 12.8 Å². The van der Waals surface area contributed by atoms with Gasteiger partial charge in [0.15, 0.2) is 0 Å². The van der Waals surface area contributed by atoms with Crippen LogP contribution in [0.1, 0.15) is 12.8 Å². The molecule has 0 fully saturated rings. The molecule has 0 aromatic heterocycles. The summed E-state index contributed by atoms with van der Waals surface area (Å²) in [6, 6.07) is 0. The predicted octanol–water partition coefficient (Wildman–Crippen LogP) is 2.30. The van der Waals surface area contributed by atoms with Crippen molar-refractivity contribution in [2.24, 2.45) is 0 Å². The number of carboxylic acid groups (broad SMARTS) is 1. The van der Waals surface area contributed by atoms with Crippen LogP contribution in [0.2, 0.25) is 0 Å². The molecule has 1 N–H and O–H groups in total. The molecule has 1 aliphatic carbocycles. The summed E-state index contributed by atoms with van der Waals surface area (Å²) in [6.07, 6.45) is 9.25. The zero-order valence-electron chi connectivity index (χ0n) is 7.90. The number of halogens is 1. The molecular weight excluding hydrogens is 204 g/mol. The van der Waals surface area contributed by atoms with Gasteiger partial charge in [-0.25, -0.2) is 4.79 Å². The Labute approximate surface area is 89.2 Å². The third kappa shape index (κ3) is 3.66. The van der Waals surface area contributed by atoms with Crippen molar-refractivity contribution < 1.29 is 14.6 Å². The highest BCUT2D eigenvalue weighted by Crippen LogP contribution is 2.14. The second-order valence-corrected chi connectivity index (χ2v) is 2.71. The van der Waals surface area contributed by atoms with Gasteiger partial charge in [0.2, 0.25) is 5.76 Å². The Bertz CT molecular complexity index is 290. The van der Waals surface area contributed by atoms with Crippen LogP contribution in [0.4, 0.5) is 0 Å². The van der Waals surface area contributed by atoms with Crippen LogP contribution in [-0.4, -0.2) is 18.2 Å². The molecule has 14 heavy (non-hydrogen) atoms. The van der Waals surface area contributed by atoms with Gasteiger partial charge in [-0.15, -0.1) is 12.4 Å². The molecule has 78 valence electrons. The highest BCUT2D eigenvalue weighted by atomic mass is 35.5. The molecule has 1 rings (SSSR count). The maximum atomic E-state index is 10.6. The molecule has 0 aromatic rings. The molecule has 3 nitrogen and oxygen atoms in total. The summed E-state index contributed by atoms with van der Waals surface area (Å²) in [5, 5.41) is 8.67. The smallest absolute Gasteiger partial charge is 0.371 e. The minimum absolute atomic E-state index is 0. The van der Waals surface area contributed by atoms with Gasteiger partial charge in [-0.05, 0) is 24.5 Å². The lowest BCUT2D eigenvalue weighted by Crippen LogP contribution is -2.03. The SMILES string of the molecule is COC(=CC1=CCC=CC1)C(=O)O.Cl. The van der Waals surface area contributed by atoms with Gasteiger partial charge in [0.05, 0.1) is 7.11 Å². The predicted molar refractivity (Wildman–Crippen MR) is 56.4 cm³/mol. The molecule has 0 saturated heterocycles. The number of carboxylic acids is 1. The number of methoxy groups -OCH3 is 1. The molecule has 0 spiro atoms. The van der Waals surface area contributed by atoms with Crippen molar-refractivity contribution in [1.29, 1.82) is 0 Å². The Hall–Kier alpha value is -1.22. The van der Waals surface area contributed by atoms with Crippen LogP contribution in [0.5, 0.6) is 0 Å². The largest absolute Gasteiger partial charge is 0.490 e. The summed E-state index contributed by atoms with van der Waals surface area (Å²) >= 11 is 0. The fraction of sp³-hybridized carbons (Fsp3) is 0.300. The van der Waals surface area contributed by atoms with E-state index in [0.29, 0.717) is 0 Å². The van der Waals surface area contributed by atoms with E-state index in [1.54, 1.807) is 6.08 Å². The van der Waals surface area contributed by atoms with Gasteiger partial charge < -0.3 is 9.84 Å². The van der Waals surface area contributed by atoms with Gasteiger partial charge in [-0.2, -0.15) is 0 Å². The molecule has 0 atom stereocenters. The minimum Gasteiger partial charge on any atom is -0.490 e. The van der Waals surface area contributed by atoms with Gasteiger partial charge in [0.1, 0.15) is 0 Å². The Morgan fingerprint density at radius 1 is 1.57 bits per heavy atom. The number of allylic oxidation sites excluding steroid dienone is 5. The van der Waals surface area contributed by atoms with Crippen LogP contribution in [0.25, 0.3) is 0 Å². The van der Waals surface area contributed by atoms with Gasteiger partial charge in [-0.1, -0.05) is 18.2 Å². The first kappa shape index (κ1) is 12.8. The molecule has 4 heteroatoms. The minimum atomic E-state index is -1.03. The lowest BCUT2D eigenvalue weighted by molar-refractivity contribution is -0.136. The van der Waals surface area contributed by atoms with E-state index in [4.69, 9.17) is 9.84 Å². The monoisotopic (exact) mass is 216 g/mol. The zero-order valence-corrected chi connectivity index (χ0v) is 8.71. The highest BCUT2D eigenvalue weighted by Gasteiger charge is 2.07. The van der Waals surface area contributed by atoms with E-state index < -0.39 is 5.97 Å². The standard InChI is InChI=1S/C10H12O3.ClH/c1-13-9(10(11)12)7-8-5-3-2-4-6-8;/h2-3,6-7H,4-5H2,1H3,(H,11,12);1H. The van der Waals surface area contributed by atoms with E-state index >= 15 is 0 Å². The van der Waals surface area contributed by atoms with Crippen LogP contribution in [0.15, 0.2) is 35.6 Å².